The zero-order chi connectivity index (χ0) is 19.7. The molecule has 0 saturated carbocycles. The van der Waals surface area contributed by atoms with Crippen LogP contribution in [0.25, 0.3) is 0 Å². The van der Waals surface area contributed by atoms with Crippen LogP contribution in [0.1, 0.15) is 25.0 Å². The van der Waals surface area contributed by atoms with E-state index in [-0.39, 0.29) is 29.9 Å². The minimum absolute atomic E-state index is 0.0575. The van der Waals surface area contributed by atoms with Crippen molar-refractivity contribution in [1.82, 2.24) is 9.97 Å². The van der Waals surface area contributed by atoms with Crippen LogP contribution in [0.3, 0.4) is 0 Å². The van der Waals surface area contributed by atoms with Crippen LogP contribution in [-0.4, -0.2) is 49.5 Å². The fourth-order valence-electron chi connectivity index (χ4n) is 3.18. The van der Waals surface area contributed by atoms with Gasteiger partial charge in [0.15, 0.2) is 12.8 Å². The molecule has 0 radical (unpaired) electrons. The van der Waals surface area contributed by atoms with Crippen molar-refractivity contribution in [2.75, 3.05) is 6.54 Å². The first kappa shape index (κ1) is 18.5. The number of non-ortho nitro benzene ring substituents is 1. The molecule has 0 spiro atoms. The van der Waals surface area contributed by atoms with Gasteiger partial charge in [-0.15, -0.1) is 0 Å². The smallest absolute Gasteiger partial charge is 0.328 e. The first-order valence-electron chi connectivity index (χ1n) is 8.33. The summed E-state index contributed by atoms with van der Waals surface area (Å²) < 4.78 is 7.58. The molecule has 10 heteroatoms. The summed E-state index contributed by atoms with van der Waals surface area (Å²) in [5.41, 5.74) is -0.664. The van der Waals surface area contributed by atoms with Gasteiger partial charge in [-0.05, 0) is 13.8 Å². The number of aromatic nitrogens is 2. The Morgan fingerprint density at radius 1 is 1.33 bits per heavy atom. The van der Waals surface area contributed by atoms with Gasteiger partial charge < -0.3 is 9.84 Å². The monoisotopic (exact) mass is 375 g/mol. The summed E-state index contributed by atoms with van der Waals surface area (Å²) in [5.74, 6) is -0.561. The predicted molar refractivity (Wildman–Crippen MR) is 96.1 cm³/mol. The van der Waals surface area contributed by atoms with Gasteiger partial charge in [-0.2, -0.15) is 4.58 Å². The third kappa shape index (κ3) is 3.95. The van der Waals surface area contributed by atoms with Crippen molar-refractivity contribution in [2.24, 2.45) is 0 Å². The number of aromatic hydroxyl groups is 1. The minimum Gasteiger partial charge on any atom is -0.494 e. The molecule has 3 rings (SSSR count). The third-order valence-corrected chi connectivity index (χ3v) is 4.26. The number of nitrogens with zero attached hydrogens (tertiary/aromatic N) is 2. The fourth-order valence-corrected chi connectivity index (χ4v) is 3.18. The molecular weight excluding hydrogens is 356 g/mol. The molecule has 1 aromatic carbocycles. The van der Waals surface area contributed by atoms with E-state index >= 15 is 0 Å². The topological polar surface area (TPSA) is 141 Å². The summed E-state index contributed by atoms with van der Waals surface area (Å²) in [6.45, 7) is 4.33. The summed E-state index contributed by atoms with van der Waals surface area (Å²) in [5, 5.41) is 21.1. The van der Waals surface area contributed by atoms with E-state index in [2.05, 4.69) is 4.98 Å². The first-order chi connectivity index (χ1) is 12.7. The Labute approximate surface area is 152 Å². The third-order valence-electron chi connectivity index (χ3n) is 4.26. The van der Waals surface area contributed by atoms with Crippen LogP contribution in [0, 0.1) is 10.1 Å². The van der Waals surface area contributed by atoms with E-state index < -0.39 is 22.1 Å². The Hall–Kier alpha value is -3.27. The van der Waals surface area contributed by atoms with Crippen LogP contribution in [0.15, 0.2) is 27.8 Å². The Kier molecular flexibility index (Phi) is 4.91. The molecule has 27 heavy (non-hydrogen) atoms. The van der Waals surface area contributed by atoms with Crippen molar-refractivity contribution in [3.63, 3.8) is 0 Å². The van der Waals surface area contributed by atoms with Crippen molar-refractivity contribution in [3.8, 4) is 5.88 Å². The lowest BCUT2D eigenvalue weighted by Gasteiger charge is -2.21. The molecule has 1 aromatic heterocycles. The molecule has 10 nitrogen and oxygen atoms in total. The molecule has 142 valence electrons. The number of hydrogen-bond acceptors (Lipinski definition) is 6. The van der Waals surface area contributed by atoms with E-state index in [0.29, 0.717) is 17.8 Å². The first-order valence-corrected chi connectivity index (χ1v) is 8.33. The number of hydrogen-bond donors (Lipinski definition) is 3. The molecule has 2 heterocycles. The normalized spacial score (nSPS) is 19.6. The average molecular weight is 375 g/mol. The maximum absolute atomic E-state index is 12.1. The minimum atomic E-state index is -0.829. The molecular formula is C17H19N4O6+. The van der Waals surface area contributed by atoms with Crippen molar-refractivity contribution >= 4 is 17.6 Å². The highest BCUT2D eigenvalue weighted by Gasteiger charge is 2.28. The van der Waals surface area contributed by atoms with E-state index in [9.17, 15) is 24.8 Å². The van der Waals surface area contributed by atoms with Crippen molar-refractivity contribution in [3.05, 3.63) is 60.3 Å². The highest BCUT2D eigenvalue weighted by Crippen LogP contribution is 2.28. The molecule has 3 N–H and O–H groups in total. The number of nitro benzene ring substituents is 1. The highest BCUT2D eigenvalue weighted by molar-refractivity contribution is 5.61. The van der Waals surface area contributed by atoms with Gasteiger partial charge in [0.05, 0.1) is 10.5 Å². The summed E-state index contributed by atoms with van der Waals surface area (Å²) >= 11 is 0. The Morgan fingerprint density at radius 2 is 2.07 bits per heavy atom. The number of ether oxygens (including phenoxy) is 1. The van der Waals surface area contributed by atoms with Crippen LogP contribution in [0.2, 0.25) is 0 Å². The van der Waals surface area contributed by atoms with Crippen molar-refractivity contribution in [2.45, 2.75) is 32.5 Å². The second kappa shape index (κ2) is 7.16. The fraction of sp³-hybridized carbons (Fsp3) is 0.353. The summed E-state index contributed by atoms with van der Waals surface area (Å²) in [6.07, 6.45) is 1.55. The lowest BCUT2D eigenvalue weighted by atomic mass is 10.0. The van der Waals surface area contributed by atoms with Gasteiger partial charge in [0.25, 0.3) is 11.2 Å². The second-order valence-electron chi connectivity index (χ2n) is 6.44. The summed E-state index contributed by atoms with van der Waals surface area (Å²) in [7, 11) is 0. The van der Waals surface area contributed by atoms with E-state index in [4.69, 9.17) is 4.74 Å². The van der Waals surface area contributed by atoms with Crippen LogP contribution in [0.5, 0.6) is 5.88 Å². The largest absolute Gasteiger partial charge is 0.494 e. The van der Waals surface area contributed by atoms with E-state index in [1.54, 1.807) is 6.07 Å². The maximum atomic E-state index is 12.1. The molecule has 0 fully saturated rings. The number of H-pyrrole nitrogens is 2. The number of nitro groups is 1. The van der Waals surface area contributed by atoms with Gasteiger partial charge in [0.2, 0.25) is 11.6 Å². The molecule has 1 aliphatic rings. The SMILES string of the molecule is C[C@@H]1C[N+](c2ccc([N+](=O)[O-])cc2Cc2c(O)[nH]c(=O)[nH]c2=O)=C[C@H](C)O1. The zero-order valence-electron chi connectivity index (χ0n) is 14.8. The van der Waals surface area contributed by atoms with Gasteiger partial charge in [-0.1, -0.05) is 0 Å². The van der Waals surface area contributed by atoms with Gasteiger partial charge in [0.1, 0.15) is 12.2 Å². The highest BCUT2D eigenvalue weighted by atomic mass is 16.6. The number of aromatic amines is 2. The Balaban J connectivity index is 2.13. The van der Waals surface area contributed by atoms with Gasteiger partial charge in [-0.25, -0.2) is 4.79 Å². The molecule has 0 unspecified atom stereocenters. The van der Waals surface area contributed by atoms with Crippen LogP contribution >= 0.6 is 0 Å². The van der Waals surface area contributed by atoms with Crippen LogP contribution in [-0.2, 0) is 11.2 Å². The van der Waals surface area contributed by atoms with E-state index in [0.717, 1.165) is 0 Å². The Morgan fingerprint density at radius 3 is 2.70 bits per heavy atom. The number of nitrogens with one attached hydrogen (secondary N) is 2. The van der Waals surface area contributed by atoms with E-state index in [1.165, 1.54) is 12.1 Å². The second-order valence-corrected chi connectivity index (χ2v) is 6.44. The molecule has 2 atom stereocenters. The molecule has 0 saturated heterocycles. The van der Waals surface area contributed by atoms with Crippen LogP contribution in [0.4, 0.5) is 11.4 Å². The lowest BCUT2D eigenvalue weighted by molar-refractivity contribution is -0.464. The molecule has 0 bridgehead atoms. The van der Waals surface area contributed by atoms with Gasteiger partial charge in [0, 0.05) is 30.2 Å². The molecule has 1 aliphatic heterocycles. The Bertz CT molecular complexity index is 1040. The van der Waals surface area contributed by atoms with Gasteiger partial charge in [-0.3, -0.25) is 24.9 Å². The molecule has 2 aromatic rings. The zero-order valence-corrected chi connectivity index (χ0v) is 14.8. The predicted octanol–water partition coefficient (Wildman–Crippen LogP) is 0.790. The number of rotatable bonds is 4. The van der Waals surface area contributed by atoms with Crippen molar-refractivity contribution < 1.29 is 19.3 Å². The molecule has 0 amide bonds. The average Bonchev–Trinajstić information content (AvgIpc) is 2.57. The molecule has 0 aliphatic carbocycles. The number of benzene rings is 1. The summed E-state index contributed by atoms with van der Waals surface area (Å²) in [6, 6.07) is 4.35. The van der Waals surface area contributed by atoms with Crippen molar-refractivity contribution in [1.29, 1.82) is 0 Å². The van der Waals surface area contributed by atoms with Crippen LogP contribution < -0.4 is 11.2 Å². The maximum Gasteiger partial charge on any atom is 0.328 e. The van der Waals surface area contributed by atoms with E-state index in [1.807, 2.05) is 29.6 Å². The standard InChI is InChI=1S/C17H18N4O6/c1-9-7-20(8-10(2)27-9)14-4-3-12(21(25)26)5-11(14)6-13-15(22)18-17(24)19-16(13)23/h3-5,7,9-10H,6,8H2,1-2H3,(H2-,18,19,22,23,24)/p+1/t9-,10+/m0/s1. The van der Waals surface area contributed by atoms with Gasteiger partial charge >= 0.3 is 5.69 Å². The lowest BCUT2D eigenvalue weighted by Crippen LogP contribution is -2.35. The summed E-state index contributed by atoms with van der Waals surface area (Å²) in [4.78, 5) is 38.1. The quantitative estimate of drug-likeness (QED) is 0.410.